The van der Waals surface area contributed by atoms with Crippen LogP contribution in [0, 0.1) is 5.41 Å². The highest BCUT2D eigenvalue weighted by atomic mass is 32.2. The van der Waals surface area contributed by atoms with Gasteiger partial charge in [0.1, 0.15) is 10.6 Å². The van der Waals surface area contributed by atoms with Crippen LogP contribution in [0.1, 0.15) is 32.1 Å². The Morgan fingerprint density at radius 2 is 1.96 bits per heavy atom. The van der Waals surface area contributed by atoms with Gasteiger partial charge in [0.05, 0.1) is 13.2 Å². The van der Waals surface area contributed by atoms with E-state index in [-0.39, 0.29) is 10.3 Å². The maximum absolute atomic E-state index is 13.3. The van der Waals surface area contributed by atoms with Crippen molar-refractivity contribution < 1.29 is 17.9 Å². The third kappa shape index (κ3) is 3.75. The van der Waals surface area contributed by atoms with Crippen LogP contribution in [0.15, 0.2) is 29.2 Å². The summed E-state index contributed by atoms with van der Waals surface area (Å²) in [5.74, 6) is 0.473. The first-order valence-electron chi connectivity index (χ1n) is 9.99. The molecule has 3 aliphatic rings. The van der Waals surface area contributed by atoms with Crippen LogP contribution in [0.3, 0.4) is 0 Å². The van der Waals surface area contributed by atoms with Crippen LogP contribution in [0.5, 0.6) is 5.75 Å². The lowest BCUT2D eigenvalue weighted by Gasteiger charge is -2.48. The summed E-state index contributed by atoms with van der Waals surface area (Å²) in [7, 11) is -1.99. The van der Waals surface area contributed by atoms with Gasteiger partial charge in [0.15, 0.2) is 0 Å². The molecule has 27 heavy (non-hydrogen) atoms. The van der Waals surface area contributed by atoms with Crippen LogP contribution in [-0.4, -0.2) is 70.2 Å². The second-order valence-corrected chi connectivity index (χ2v) is 10.1. The van der Waals surface area contributed by atoms with Gasteiger partial charge in [0, 0.05) is 31.7 Å². The SMILES string of the molecule is COCCN1CC2(CCN(C3CCC3)CC2)COc2ccccc2S1(=O)=O. The van der Waals surface area contributed by atoms with E-state index in [1.54, 1.807) is 29.6 Å². The lowest BCUT2D eigenvalue weighted by atomic mass is 9.77. The number of nitrogens with zero attached hydrogens (tertiary/aromatic N) is 2. The Kier molecular flexibility index (Phi) is 5.47. The van der Waals surface area contributed by atoms with E-state index in [0.717, 1.165) is 32.0 Å². The summed E-state index contributed by atoms with van der Waals surface area (Å²) in [4.78, 5) is 2.86. The van der Waals surface area contributed by atoms with E-state index in [0.29, 0.717) is 32.1 Å². The molecule has 0 bridgehead atoms. The Balaban J connectivity index is 1.60. The molecular formula is C20H30N2O4S. The van der Waals surface area contributed by atoms with Gasteiger partial charge in [-0.1, -0.05) is 18.6 Å². The number of fused-ring (bicyclic) bond motifs is 1. The Morgan fingerprint density at radius 1 is 1.22 bits per heavy atom. The zero-order valence-corrected chi connectivity index (χ0v) is 16.9. The molecule has 1 saturated carbocycles. The molecule has 1 aliphatic carbocycles. The molecule has 2 fully saturated rings. The minimum atomic E-state index is -3.60. The van der Waals surface area contributed by atoms with E-state index >= 15 is 0 Å². The van der Waals surface area contributed by atoms with Gasteiger partial charge in [-0.3, -0.25) is 0 Å². The van der Waals surface area contributed by atoms with Gasteiger partial charge >= 0.3 is 0 Å². The average Bonchev–Trinajstić information content (AvgIpc) is 2.63. The van der Waals surface area contributed by atoms with Gasteiger partial charge < -0.3 is 14.4 Å². The smallest absolute Gasteiger partial charge is 0.246 e. The number of likely N-dealkylation sites (tertiary alicyclic amines) is 1. The minimum absolute atomic E-state index is 0.130. The number of para-hydroxylation sites is 1. The van der Waals surface area contributed by atoms with Crippen LogP contribution < -0.4 is 4.74 Å². The number of hydrogen-bond donors (Lipinski definition) is 0. The molecule has 1 saturated heterocycles. The molecule has 0 N–H and O–H groups in total. The molecule has 1 spiro atoms. The molecule has 2 heterocycles. The largest absolute Gasteiger partial charge is 0.492 e. The molecular weight excluding hydrogens is 364 g/mol. The van der Waals surface area contributed by atoms with Crippen molar-refractivity contribution in [2.75, 3.05) is 46.5 Å². The van der Waals surface area contributed by atoms with E-state index in [2.05, 4.69) is 4.90 Å². The maximum Gasteiger partial charge on any atom is 0.246 e. The van der Waals surface area contributed by atoms with E-state index in [1.165, 1.54) is 19.3 Å². The predicted molar refractivity (Wildman–Crippen MR) is 103 cm³/mol. The fourth-order valence-electron chi connectivity index (χ4n) is 4.47. The molecule has 0 unspecified atom stereocenters. The maximum atomic E-state index is 13.3. The first-order valence-corrected chi connectivity index (χ1v) is 11.4. The molecule has 0 atom stereocenters. The van der Waals surface area contributed by atoms with E-state index < -0.39 is 10.0 Å². The summed E-state index contributed by atoms with van der Waals surface area (Å²) >= 11 is 0. The standard InChI is InChI=1S/C20H30N2O4S/c1-25-14-13-22-15-20(9-11-21(12-10-20)17-5-4-6-17)16-26-18-7-2-3-8-19(18)27(22,23)24/h2-3,7-8,17H,4-6,9-16H2,1H3. The van der Waals surface area contributed by atoms with Crippen molar-refractivity contribution >= 4 is 10.0 Å². The molecule has 1 aromatic rings. The number of methoxy groups -OCH3 is 1. The predicted octanol–water partition coefficient (Wildman–Crippen LogP) is 2.35. The molecule has 1 aromatic carbocycles. The fourth-order valence-corrected chi connectivity index (χ4v) is 6.14. The van der Waals surface area contributed by atoms with Gasteiger partial charge in [-0.2, -0.15) is 4.31 Å². The minimum Gasteiger partial charge on any atom is -0.492 e. The summed E-state index contributed by atoms with van der Waals surface area (Å²) in [6.07, 6.45) is 5.92. The normalized spacial score (nSPS) is 25.8. The summed E-state index contributed by atoms with van der Waals surface area (Å²) in [6, 6.07) is 7.74. The van der Waals surface area contributed by atoms with E-state index in [1.807, 2.05) is 6.07 Å². The number of ether oxygens (including phenoxy) is 2. The number of rotatable bonds is 4. The third-order valence-corrected chi connectivity index (χ3v) is 8.39. The lowest BCUT2D eigenvalue weighted by Crippen LogP contribution is -2.54. The molecule has 0 aromatic heterocycles. The Labute approximate surface area is 162 Å². The highest BCUT2D eigenvalue weighted by Crippen LogP contribution is 2.40. The molecule has 150 valence electrons. The van der Waals surface area contributed by atoms with Crippen molar-refractivity contribution in [3.05, 3.63) is 24.3 Å². The quantitative estimate of drug-likeness (QED) is 0.785. The first-order chi connectivity index (χ1) is 13.0. The fraction of sp³-hybridized carbons (Fsp3) is 0.700. The van der Waals surface area contributed by atoms with Gasteiger partial charge in [0.25, 0.3) is 0 Å². The Bertz CT molecular complexity index is 755. The van der Waals surface area contributed by atoms with Crippen molar-refractivity contribution in [2.45, 2.75) is 43.0 Å². The number of benzene rings is 1. The lowest BCUT2D eigenvalue weighted by molar-refractivity contribution is 0.00310. The molecule has 6 nitrogen and oxygen atoms in total. The topological polar surface area (TPSA) is 59.1 Å². The number of piperidine rings is 1. The molecule has 0 amide bonds. The molecule has 4 rings (SSSR count). The van der Waals surface area contributed by atoms with Crippen molar-refractivity contribution in [1.29, 1.82) is 0 Å². The second-order valence-electron chi connectivity index (χ2n) is 8.19. The van der Waals surface area contributed by atoms with Gasteiger partial charge in [-0.25, -0.2) is 8.42 Å². The van der Waals surface area contributed by atoms with Crippen LogP contribution in [0.2, 0.25) is 0 Å². The summed E-state index contributed by atoms with van der Waals surface area (Å²) in [5, 5.41) is 0. The molecule has 0 radical (unpaired) electrons. The van der Waals surface area contributed by atoms with Crippen molar-refractivity contribution in [3.8, 4) is 5.75 Å². The zero-order chi connectivity index (χ0) is 18.9. The summed E-state index contributed by atoms with van der Waals surface area (Å²) in [5.41, 5.74) is -0.130. The highest BCUT2D eigenvalue weighted by molar-refractivity contribution is 7.89. The zero-order valence-electron chi connectivity index (χ0n) is 16.1. The number of hydrogen-bond acceptors (Lipinski definition) is 5. The molecule has 7 heteroatoms. The first kappa shape index (κ1) is 19.2. The van der Waals surface area contributed by atoms with Gasteiger partial charge in [-0.05, 0) is 50.9 Å². The van der Waals surface area contributed by atoms with Crippen molar-refractivity contribution in [3.63, 3.8) is 0 Å². The van der Waals surface area contributed by atoms with Crippen LogP contribution >= 0.6 is 0 Å². The van der Waals surface area contributed by atoms with Crippen LogP contribution in [-0.2, 0) is 14.8 Å². The highest BCUT2D eigenvalue weighted by Gasteiger charge is 2.43. The molecule has 2 aliphatic heterocycles. The third-order valence-electron chi connectivity index (χ3n) is 6.51. The average molecular weight is 395 g/mol. The van der Waals surface area contributed by atoms with Crippen LogP contribution in [0.4, 0.5) is 0 Å². The Morgan fingerprint density at radius 3 is 2.63 bits per heavy atom. The van der Waals surface area contributed by atoms with Crippen LogP contribution in [0.25, 0.3) is 0 Å². The second kappa shape index (κ2) is 7.70. The summed E-state index contributed by atoms with van der Waals surface area (Å²) in [6.45, 7) is 3.92. The number of sulfonamides is 1. The van der Waals surface area contributed by atoms with Gasteiger partial charge in [-0.15, -0.1) is 0 Å². The van der Waals surface area contributed by atoms with Gasteiger partial charge in [0.2, 0.25) is 10.0 Å². The monoisotopic (exact) mass is 394 g/mol. The summed E-state index contributed by atoms with van der Waals surface area (Å²) < 4.78 is 39.5. The Hall–Kier alpha value is -1.15. The van der Waals surface area contributed by atoms with E-state index in [9.17, 15) is 8.42 Å². The van der Waals surface area contributed by atoms with Crippen molar-refractivity contribution in [2.24, 2.45) is 5.41 Å². The van der Waals surface area contributed by atoms with E-state index in [4.69, 9.17) is 9.47 Å². The van der Waals surface area contributed by atoms with Crippen molar-refractivity contribution in [1.82, 2.24) is 9.21 Å².